The van der Waals surface area contributed by atoms with Crippen LogP contribution in [0.5, 0.6) is 5.75 Å². The van der Waals surface area contributed by atoms with Crippen molar-refractivity contribution in [2.75, 3.05) is 13.7 Å². The van der Waals surface area contributed by atoms with Gasteiger partial charge in [0.2, 0.25) is 0 Å². The van der Waals surface area contributed by atoms with E-state index in [9.17, 15) is 9.59 Å². The van der Waals surface area contributed by atoms with Crippen molar-refractivity contribution in [3.63, 3.8) is 0 Å². The van der Waals surface area contributed by atoms with Gasteiger partial charge < -0.3 is 14.6 Å². The van der Waals surface area contributed by atoms with Crippen LogP contribution in [-0.4, -0.2) is 24.1 Å². The lowest BCUT2D eigenvalue weighted by Crippen LogP contribution is -2.32. The molecule has 5 nitrogen and oxygen atoms in total. The molecule has 2 rings (SSSR count). The number of ether oxygens (including phenoxy) is 1. The number of hydrogen-bond acceptors (Lipinski definition) is 3. The summed E-state index contributed by atoms with van der Waals surface area (Å²) >= 11 is 0. The second-order valence-electron chi connectivity index (χ2n) is 4.52. The third kappa shape index (κ3) is 3.55. The molecular weight excluding hydrogens is 280 g/mol. The van der Waals surface area contributed by atoms with Crippen molar-refractivity contribution >= 4 is 5.91 Å². The second kappa shape index (κ2) is 7.14. The molecule has 0 fully saturated rings. The Morgan fingerprint density at radius 1 is 1.27 bits per heavy atom. The van der Waals surface area contributed by atoms with E-state index in [1.807, 2.05) is 24.3 Å². The first-order chi connectivity index (χ1) is 10.6. The minimum absolute atomic E-state index is 0.101. The minimum Gasteiger partial charge on any atom is -0.495 e. The Hall–Kier alpha value is -3.00. The van der Waals surface area contributed by atoms with E-state index < -0.39 is 5.91 Å². The van der Waals surface area contributed by atoms with E-state index in [1.165, 1.54) is 10.6 Å². The number of hydrogen-bond donors (Lipinski definition) is 1. The van der Waals surface area contributed by atoms with Crippen LogP contribution in [0.1, 0.15) is 15.9 Å². The molecule has 0 bridgehead atoms. The highest BCUT2D eigenvalue weighted by Gasteiger charge is 2.09. The summed E-state index contributed by atoms with van der Waals surface area (Å²) in [6.07, 6.45) is 1.60. The monoisotopic (exact) mass is 296 g/mol. The summed E-state index contributed by atoms with van der Waals surface area (Å²) in [5.41, 5.74) is 0.511. The number of para-hydroxylation sites is 1. The Kier molecular flexibility index (Phi) is 4.99. The average Bonchev–Trinajstić information content (AvgIpc) is 2.54. The van der Waals surface area contributed by atoms with E-state index >= 15 is 0 Å². The molecule has 22 heavy (non-hydrogen) atoms. The van der Waals surface area contributed by atoms with E-state index in [0.29, 0.717) is 5.75 Å². The van der Waals surface area contributed by atoms with Gasteiger partial charge in [-0.05, 0) is 24.3 Å². The second-order valence-corrected chi connectivity index (χ2v) is 4.52. The number of carbonyl (C=O) groups is 1. The number of carbonyl (C=O) groups excluding carboxylic acids is 1. The molecule has 5 heteroatoms. The molecule has 1 aromatic carbocycles. The van der Waals surface area contributed by atoms with Crippen LogP contribution in [0.15, 0.2) is 47.4 Å². The van der Waals surface area contributed by atoms with Crippen LogP contribution in [0.2, 0.25) is 0 Å². The van der Waals surface area contributed by atoms with Crippen molar-refractivity contribution in [3.05, 3.63) is 64.1 Å². The van der Waals surface area contributed by atoms with E-state index in [0.717, 1.165) is 5.56 Å². The van der Waals surface area contributed by atoms with Gasteiger partial charge in [-0.2, -0.15) is 0 Å². The summed E-state index contributed by atoms with van der Waals surface area (Å²) in [4.78, 5) is 23.7. The number of nitrogens with one attached hydrogen (secondary N) is 1. The Bertz CT molecular complexity index is 797. The predicted molar refractivity (Wildman–Crippen MR) is 83.9 cm³/mol. The van der Waals surface area contributed by atoms with Gasteiger partial charge >= 0.3 is 0 Å². The lowest BCUT2D eigenvalue weighted by atomic mass is 10.2. The number of aromatic nitrogens is 1. The molecule has 112 valence electrons. The topological polar surface area (TPSA) is 60.3 Å². The molecule has 0 aliphatic carbocycles. The largest absolute Gasteiger partial charge is 0.495 e. The maximum Gasteiger partial charge on any atom is 0.263 e. The zero-order valence-electron chi connectivity index (χ0n) is 12.4. The van der Waals surface area contributed by atoms with E-state index in [2.05, 4.69) is 17.2 Å². The first-order valence-corrected chi connectivity index (χ1v) is 6.69. The first-order valence-electron chi connectivity index (χ1n) is 6.69. The van der Waals surface area contributed by atoms with Gasteiger partial charge in [-0.15, -0.1) is 0 Å². The van der Waals surface area contributed by atoms with E-state index in [-0.39, 0.29) is 17.7 Å². The molecule has 0 saturated heterocycles. The van der Waals surface area contributed by atoms with Crippen LogP contribution in [0.4, 0.5) is 0 Å². The number of methoxy groups -OCH3 is 1. The number of rotatable bonds is 3. The maximum absolute atomic E-state index is 11.9. The van der Waals surface area contributed by atoms with Gasteiger partial charge in [-0.3, -0.25) is 9.59 Å². The predicted octanol–water partition coefficient (Wildman–Crippen LogP) is 1.18. The van der Waals surface area contributed by atoms with Gasteiger partial charge in [0.15, 0.2) is 0 Å². The number of pyridine rings is 1. The quantitative estimate of drug-likeness (QED) is 0.865. The number of amides is 1. The Morgan fingerprint density at radius 2 is 2.05 bits per heavy atom. The zero-order valence-corrected chi connectivity index (χ0v) is 12.4. The van der Waals surface area contributed by atoms with Crippen molar-refractivity contribution in [3.8, 4) is 17.6 Å². The Labute approximate surface area is 128 Å². The van der Waals surface area contributed by atoms with Crippen molar-refractivity contribution < 1.29 is 9.53 Å². The molecule has 1 N–H and O–H groups in total. The standard InChI is InChI=1S/C17H16N2O3/c1-19-12-6-9-14(17(19)21)16(20)18-11-5-8-13-7-3-4-10-15(13)22-2/h3-4,6-7,9-10,12H,11H2,1-2H3,(H,18,20). The average molecular weight is 296 g/mol. The van der Waals surface area contributed by atoms with Crippen LogP contribution in [0.3, 0.4) is 0 Å². The van der Waals surface area contributed by atoms with Gasteiger partial charge in [-0.25, -0.2) is 0 Å². The zero-order chi connectivity index (χ0) is 15.9. The molecule has 0 atom stereocenters. The molecular formula is C17H16N2O3. The van der Waals surface area contributed by atoms with Crippen LogP contribution in [0.25, 0.3) is 0 Å². The molecule has 1 aromatic heterocycles. The highest BCUT2D eigenvalue weighted by molar-refractivity contribution is 5.93. The normalized spacial score (nSPS) is 9.55. The first kappa shape index (κ1) is 15.4. The molecule has 0 aliphatic heterocycles. The number of benzene rings is 1. The lowest BCUT2D eigenvalue weighted by molar-refractivity contribution is 0.0956. The van der Waals surface area contributed by atoms with Crippen LogP contribution < -0.4 is 15.6 Å². The van der Waals surface area contributed by atoms with Crippen molar-refractivity contribution in [1.82, 2.24) is 9.88 Å². The highest BCUT2D eigenvalue weighted by Crippen LogP contribution is 2.15. The fraction of sp³-hybridized carbons (Fsp3) is 0.176. The van der Waals surface area contributed by atoms with Gasteiger partial charge in [-0.1, -0.05) is 24.0 Å². The molecule has 0 unspecified atom stereocenters. The molecule has 0 radical (unpaired) electrons. The fourth-order valence-corrected chi connectivity index (χ4v) is 1.88. The third-order valence-electron chi connectivity index (χ3n) is 3.04. The van der Waals surface area contributed by atoms with Crippen molar-refractivity contribution in [2.24, 2.45) is 7.05 Å². The smallest absolute Gasteiger partial charge is 0.263 e. The number of aryl methyl sites for hydroxylation is 1. The molecule has 0 saturated carbocycles. The fourth-order valence-electron chi connectivity index (χ4n) is 1.88. The van der Waals surface area contributed by atoms with E-state index in [1.54, 1.807) is 26.4 Å². The van der Waals surface area contributed by atoms with Gasteiger partial charge in [0.05, 0.1) is 19.2 Å². The lowest BCUT2D eigenvalue weighted by Gasteiger charge is -2.03. The van der Waals surface area contributed by atoms with Crippen LogP contribution in [0, 0.1) is 11.8 Å². The van der Waals surface area contributed by atoms with E-state index in [4.69, 9.17) is 4.74 Å². The summed E-state index contributed by atoms with van der Waals surface area (Å²) in [5.74, 6) is 6.01. The third-order valence-corrected chi connectivity index (χ3v) is 3.04. The summed E-state index contributed by atoms with van der Waals surface area (Å²) in [6, 6.07) is 10.5. The SMILES string of the molecule is COc1ccccc1C#CCNC(=O)c1cccn(C)c1=O. The minimum atomic E-state index is -0.435. The van der Waals surface area contributed by atoms with Gasteiger partial charge in [0.1, 0.15) is 11.3 Å². The molecule has 0 aliphatic rings. The summed E-state index contributed by atoms with van der Waals surface area (Å²) in [7, 11) is 3.17. The Morgan fingerprint density at radius 3 is 2.82 bits per heavy atom. The van der Waals surface area contributed by atoms with Gasteiger partial charge in [0, 0.05) is 13.2 Å². The van der Waals surface area contributed by atoms with Crippen LogP contribution in [-0.2, 0) is 7.05 Å². The molecule has 2 aromatic rings. The van der Waals surface area contributed by atoms with Gasteiger partial charge in [0.25, 0.3) is 11.5 Å². The number of nitrogens with zero attached hydrogens (tertiary/aromatic N) is 1. The molecule has 1 heterocycles. The highest BCUT2D eigenvalue weighted by atomic mass is 16.5. The maximum atomic E-state index is 11.9. The molecule has 0 spiro atoms. The summed E-state index contributed by atoms with van der Waals surface area (Å²) < 4.78 is 6.54. The van der Waals surface area contributed by atoms with Crippen molar-refractivity contribution in [1.29, 1.82) is 0 Å². The van der Waals surface area contributed by atoms with Crippen molar-refractivity contribution in [2.45, 2.75) is 0 Å². The summed E-state index contributed by atoms with van der Waals surface area (Å²) in [6.45, 7) is 0.148. The van der Waals surface area contributed by atoms with Crippen LogP contribution >= 0.6 is 0 Å². The summed E-state index contributed by atoms with van der Waals surface area (Å²) in [5, 5.41) is 2.61. The molecule has 1 amide bonds. The Balaban J connectivity index is 2.03.